The lowest BCUT2D eigenvalue weighted by atomic mass is 10.1. The van der Waals surface area contributed by atoms with Crippen LogP contribution in [0, 0.1) is 13.8 Å². The van der Waals surface area contributed by atoms with Crippen molar-refractivity contribution in [3.8, 4) is 11.5 Å². The van der Waals surface area contributed by atoms with Gasteiger partial charge in [-0.15, -0.1) is 22.0 Å². The summed E-state index contributed by atoms with van der Waals surface area (Å²) in [7, 11) is 0. The molecule has 22 heavy (non-hydrogen) atoms. The van der Waals surface area contributed by atoms with Crippen LogP contribution in [0.1, 0.15) is 29.2 Å². The summed E-state index contributed by atoms with van der Waals surface area (Å²) in [6.07, 6.45) is 0. The largest absolute Gasteiger partial charge is 0.419 e. The van der Waals surface area contributed by atoms with Gasteiger partial charge in [-0.2, -0.15) is 0 Å². The Labute approximate surface area is 134 Å². The molecular formula is C18H18N2OS. The second-order valence-corrected chi connectivity index (χ2v) is 6.80. The van der Waals surface area contributed by atoms with Gasteiger partial charge in [0.15, 0.2) is 0 Å². The van der Waals surface area contributed by atoms with E-state index in [-0.39, 0.29) is 5.25 Å². The van der Waals surface area contributed by atoms with E-state index in [1.54, 1.807) is 11.8 Å². The summed E-state index contributed by atoms with van der Waals surface area (Å²) in [4.78, 5) is 1.20. The predicted octanol–water partition coefficient (Wildman–Crippen LogP) is 5.21. The van der Waals surface area contributed by atoms with Crippen molar-refractivity contribution in [1.82, 2.24) is 10.2 Å². The molecule has 0 fully saturated rings. The first-order valence-corrected chi connectivity index (χ1v) is 8.13. The highest BCUT2D eigenvalue weighted by atomic mass is 32.2. The van der Waals surface area contributed by atoms with Crippen LogP contribution >= 0.6 is 11.8 Å². The molecule has 0 amide bonds. The molecule has 0 saturated heterocycles. The maximum absolute atomic E-state index is 5.82. The Bertz CT molecular complexity index is 748. The molecule has 1 atom stereocenters. The van der Waals surface area contributed by atoms with Crippen molar-refractivity contribution in [2.75, 3.05) is 0 Å². The third-order valence-electron chi connectivity index (χ3n) is 3.42. The zero-order valence-electron chi connectivity index (χ0n) is 12.9. The zero-order chi connectivity index (χ0) is 15.5. The van der Waals surface area contributed by atoms with Gasteiger partial charge in [0, 0.05) is 10.5 Å². The number of nitrogens with zero attached hydrogens (tertiary/aromatic N) is 2. The number of benzene rings is 2. The highest BCUT2D eigenvalue weighted by Gasteiger charge is 2.16. The monoisotopic (exact) mass is 310 g/mol. The molecule has 3 rings (SSSR count). The van der Waals surface area contributed by atoms with E-state index in [2.05, 4.69) is 55.2 Å². The van der Waals surface area contributed by atoms with Crippen molar-refractivity contribution in [3.05, 3.63) is 65.5 Å². The normalized spacial score (nSPS) is 12.3. The van der Waals surface area contributed by atoms with Gasteiger partial charge >= 0.3 is 0 Å². The lowest BCUT2D eigenvalue weighted by Crippen LogP contribution is -1.88. The van der Waals surface area contributed by atoms with Gasteiger partial charge in [0.1, 0.15) is 0 Å². The van der Waals surface area contributed by atoms with E-state index in [0.717, 1.165) is 5.56 Å². The van der Waals surface area contributed by atoms with Crippen LogP contribution in [0.3, 0.4) is 0 Å². The van der Waals surface area contributed by atoms with E-state index < -0.39 is 0 Å². The van der Waals surface area contributed by atoms with Gasteiger partial charge in [0.2, 0.25) is 11.8 Å². The van der Waals surface area contributed by atoms with Crippen LogP contribution in [-0.2, 0) is 0 Å². The molecule has 0 aliphatic carbocycles. The molecular weight excluding hydrogens is 292 g/mol. The summed E-state index contributed by atoms with van der Waals surface area (Å²) in [6, 6.07) is 16.6. The summed E-state index contributed by atoms with van der Waals surface area (Å²) >= 11 is 1.72. The molecule has 0 aliphatic heterocycles. The topological polar surface area (TPSA) is 38.9 Å². The van der Waals surface area contributed by atoms with Crippen LogP contribution < -0.4 is 0 Å². The highest BCUT2D eigenvalue weighted by Crippen LogP contribution is 2.35. The van der Waals surface area contributed by atoms with Crippen molar-refractivity contribution in [2.45, 2.75) is 30.9 Å². The fraction of sp³-hybridized carbons (Fsp3) is 0.222. The summed E-state index contributed by atoms with van der Waals surface area (Å²) < 4.78 is 5.82. The fourth-order valence-electron chi connectivity index (χ4n) is 2.08. The van der Waals surface area contributed by atoms with Crippen molar-refractivity contribution >= 4 is 11.8 Å². The number of hydrogen-bond donors (Lipinski definition) is 0. The fourth-order valence-corrected chi connectivity index (χ4v) is 2.98. The molecule has 0 bridgehead atoms. The van der Waals surface area contributed by atoms with E-state index in [0.29, 0.717) is 11.8 Å². The SMILES string of the molecule is Cc1ccc(SC(C)c2nnc(-c3ccc(C)cc3)o2)cc1. The number of aryl methyl sites for hydroxylation is 2. The van der Waals surface area contributed by atoms with Crippen LogP contribution in [-0.4, -0.2) is 10.2 Å². The lowest BCUT2D eigenvalue weighted by molar-refractivity contribution is 0.509. The third-order valence-corrected chi connectivity index (χ3v) is 4.52. The Hall–Kier alpha value is -2.07. The van der Waals surface area contributed by atoms with E-state index in [4.69, 9.17) is 4.42 Å². The molecule has 0 saturated carbocycles. The number of thioether (sulfide) groups is 1. The standard InChI is InChI=1S/C18H18N2OS/c1-12-4-8-15(9-5-12)18-20-19-17(21-18)14(3)22-16-10-6-13(2)7-11-16/h4-11,14H,1-3H3. The average molecular weight is 310 g/mol. The minimum absolute atomic E-state index is 0.120. The molecule has 0 N–H and O–H groups in total. The Morgan fingerprint density at radius 2 is 1.45 bits per heavy atom. The Morgan fingerprint density at radius 1 is 0.864 bits per heavy atom. The van der Waals surface area contributed by atoms with Gasteiger partial charge in [-0.25, -0.2) is 0 Å². The molecule has 1 unspecified atom stereocenters. The number of rotatable bonds is 4. The van der Waals surface area contributed by atoms with E-state index >= 15 is 0 Å². The first-order chi connectivity index (χ1) is 10.6. The Balaban J connectivity index is 1.75. The first-order valence-electron chi connectivity index (χ1n) is 7.25. The van der Waals surface area contributed by atoms with E-state index in [9.17, 15) is 0 Å². The predicted molar refractivity (Wildman–Crippen MR) is 89.9 cm³/mol. The van der Waals surface area contributed by atoms with E-state index in [1.165, 1.54) is 16.0 Å². The first kappa shape index (κ1) is 14.9. The number of hydrogen-bond acceptors (Lipinski definition) is 4. The molecule has 3 aromatic rings. The van der Waals surface area contributed by atoms with Crippen molar-refractivity contribution < 1.29 is 4.42 Å². The average Bonchev–Trinajstić information content (AvgIpc) is 3.00. The van der Waals surface area contributed by atoms with Crippen molar-refractivity contribution in [3.63, 3.8) is 0 Å². The molecule has 0 radical (unpaired) electrons. The van der Waals surface area contributed by atoms with Crippen molar-refractivity contribution in [1.29, 1.82) is 0 Å². The summed E-state index contributed by atoms with van der Waals surface area (Å²) in [5.74, 6) is 1.23. The maximum Gasteiger partial charge on any atom is 0.247 e. The van der Waals surface area contributed by atoms with Gasteiger partial charge in [-0.05, 0) is 45.0 Å². The quantitative estimate of drug-likeness (QED) is 0.620. The maximum atomic E-state index is 5.82. The zero-order valence-corrected chi connectivity index (χ0v) is 13.7. The van der Waals surface area contributed by atoms with E-state index in [1.807, 2.05) is 24.3 Å². The molecule has 2 aromatic carbocycles. The summed E-state index contributed by atoms with van der Waals surface area (Å²) in [5, 5.41) is 8.47. The smallest absolute Gasteiger partial charge is 0.247 e. The minimum Gasteiger partial charge on any atom is -0.419 e. The molecule has 0 aliphatic rings. The highest BCUT2D eigenvalue weighted by molar-refractivity contribution is 7.99. The molecule has 112 valence electrons. The van der Waals surface area contributed by atoms with Gasteiger partial charge in [0.05, 0.1) is 5.25 Å². The molecule has 3 nitrogen and oxygen atoms in total. The van der Waals surface area contributed by atoms with Gasteiger partial charge in [-0.1, -0.05) is 35.4 Å². The minimum atomic E-state index is 0.120. The Morgan fingerprint density at radius 3 is 2.09 bits per heavy atom. The summed E-state index contributed by atoms with van der Waals surface area (Å²) in [5.41, 5.74) is 3.43. The Kier molecular flexibility index (Phi) is 4.29. The molecule has 1 heterocycles. The molecule has 0 spiro atoms. The second-order valence-electron chi connectivity index (χ2n) is 5.38. The molecule has 4 heteroatoms. The van der Waals surface area contributed by atoms with Gasteiger partial charge in [-0.3, -0.25) is 0 Å². The van der Waals surface area contributed by atoms with Gasteiger partial charge in [0.25, 0.3) is 0 Å². The third kappa shape index (κ3) is 3.39. The van der Waals surface area contributed by atoms with Crippen LogP contribution in [0.5, 0.6) is 0 Å². The number of aromatic nitrogens is 2. The van der Waals surface area contributed by atoms with Gasteiger partial charge < -0.3 is 4.42 Å². The van der Waals surface area contributed by atoms with Crippen LogP contribution in [0.4, 0.5) is 0 Å². The van der Waals surface area contributed by atoms with Crippen LogP contribution in [0.2, 0.25) is 0 Å². The van der Waals surface area contributed by atoms with Crippen LogP contribution in [0.15, 0.2) is 57.8 Å². The lowest BCUT2D eigenvalue weighted by Gasteiger charge is -2.06. The summed E-state index contributed by atoms with van der Waals surface area (Å²) in [6.45, 7) is 6.23. The second kappa shape index (κ2) is 6.36. The van der Waals surface area contributed by atoms with Crippen molar-refractivity contribution in [2.24, 2.45) is 0 Å². The van der Waals surface area contributed by atoms with Crippen LogP contribution in [0.25, 0.3) is 11.5 Å². The molecule has 1 aromatic heterocycles.